The van der Waals surface area contributed by atoms with Crippen LogP contribution in [0.5, 0.6) is 0 Å². The molecule has 0 N–H and O–H groups in total. The van der Waals surface area contributed by atoms with Crippen LogP contribution in [0, 0.1) is 0 Å². The quantitative estimate of drug-likeness (QED) is 0.378. The maximum Gasteiger partial charge on any atom is 0.00719 e. The normalized spacial score (nSPS) is 9.71. The molecular formula is C13H16S. The molecule has 0 amide bonds. The molecule has 1 heteroatoms. The van der Waals surface area contributed by atoms with Crippen LogP contribution < -0.4 is 0 Å². The molecule has 0 aliphatic carbocycles. The highest BCUT2D eigenvalue weighted by Gasteiger charge is 1.93. The van der Waals surface area contributed by atoms with Crippen LogP contribution in [-0.2, 0) is 0 Å². The van der Waals surface area contributed by atoms with Crippen molar-refractivity contribution < 1.29 is 0 Å². The van der Waals surface area contributed by atoms with Gasteiger partial charge in [-0.25, -0.2) is 0 Å². The summed E-state index contributed by atoms with van der Waals surface area (Å²) in [6.45, 7) is 7.58. The second-order valence-electron chi connectivity index (χ2n) is 3.13. The molecule has 74 valence electrons. The van der Waals surface area contributed by atoms with E-state index in [0.717, 1.165) is 17.7 Å². The van der Waals surface area contributed by atoms with Crippen LogP contribution in [0.15, 0.2) is 60.0 Å². The number of benzene rings is 1. The molecule has 1 aromatic rings. The highest BCUT2D eigenvalue weighted by Crippen LogP contribution is 2.19. The van der Waals surface area contributed by atoms with Gasteiger partial charge in [0.1, 0.15) is 0 Å². The van der Waals surface area contributed by atoms with Gasteiger partial charge in [0, 0.05) is 4.90 Å². The Kier molecular flexibility index (Phi) is 5.16. The molecule has 14 heavy (non-hydrogen) atoms. The maximum absolute atomic E-state index is 3.89. The first-order valence-corrected chi connectivity index (χ1v) is 5.79. The van der Waals surface area contributed by atoms with Gasteiger partial charge < -0.3 is 0 Å². The highest BCUT2D eigenvalue weighted by molar-refractivity contribution is 7.99. The van der Waals surface area contributed by atoms with Crippen molar-refractivity contribution in [1.82, 2.24) is 0 Å². The third kappa shape index (κ3) is 4.33. The van der Waals surface area contributed by atoms with Gasteiger partial charge in [-0.1, -0.05) is 43.0 Å². The predicted molar refractivity (Wildman–Crippen MR) is 65.7 cm³/mol. The standard InChI is InChI=1S/C13H16S/c1-3-12(2)8-7-11-14-13-9-5-4-6-10-13/h3-6,9-10H,1-2,7-8,11H2. The zero-order valence-electron chi connectivity index (χ0n) is 8.41. The third-order valence-corrected chi connectivity index (χ3v) is 3.04. The number of hydrogen-bond acceptors (Lipinski definition) is 1. The lowest BCUT2D eigenvalue weighted by Crippen LogP contribution is -1.82. The summed E-state index contributed by atoms with van der Waals surface area (Å²) in [4.78, 5) is 1.34. The largest absolute Gasteiger partial charge is 0.126 e. The Morgan fingerprint density at radius 2 is 2.00 bits per heavy atom. The van der Waals surface area contributed by atoms with Gasteiger partial charge in [0.25, 0.3) is 0 Å². The van der Waals surface area contributed by atoms with E-state index in [-0.39, 0.29) is 0 Å². The Morgan fingerprint density at radius 3 is 2.64 bits per heavy atom. The maximum atomic E-state index is 3.89. The van der Waals surface area contributed by atoms with Crippen LogP contribution in [0.2, 0.25) is 0 Å². The van der Waals surface area contributed by atoms with Crippen molar-refractivity contribution in [1.29, 1.82) is 0 Å². The minimum Gasteiger partial charge on any atom is -0.126 e. The summed E-state index contributed by atoms with van der Waals surface area (Å²) in [7, 11) is 0. The lowest BCUT2D eigenvalue weighted by Gasteiger charge is -2.01. The summed E-state index contributed by atoms with van der Waals surface area (Å²) in [6.07, 6.45) is 4.07. The molecule has 1 rings (SSSR count). The summed E-state index contributed by atoms with van der Waals surface area (Å²) < 4.78 is 0. The van der Waals surface area contributed by atoms with Crippen molar-refractivity contribution in [2.45, 2.75) is 17.7 Å². The first-order chi connectivity index (χ1) is 6.83. The van der Waals surface area contributed by atoms with E-state index in [1.807, 2.05) is 23.9 Å². The molecule has 0 unspecified atom stereocenters. The van der Waals surface area contributed by atoms with Crippen molar-refractivity contribution in [2.75, 3.05) is 5.75 Å². The Labute approximate surface area is 90.7 Å². The Balaban J connectivity index is 2.16. The summed E-state index contributed by atoms with van der Waals surface area (Å²) in [6, 6.07) is 10.5. The van der Waals surface area contributed by atoms with E-state index < -0.39 is 0 Å². The lowest BCUT2D eigenvalue weighted by molar-refractivity contribution is 0.942. The molecule has 0 nitrogen and oxygen atoms in total. The molecule has 0 saturated carbocycles. The topological polar surface area (TPSA) is 0 Å². The summed E-state index contributed by atoms with van der Waals surface area (Å²) >= 11 is 1.90. The van der Waals surface area contributed by atoms with E-state index in [2.05, 4.69) is 37.4 Å². The van der Waals surface area contributed by atoms with E-state index in [4.69, 9.17) is 0 Å². The fraction of sp³-hybridized carbons (Fsp3) is 0.231. The van der Waals surface area contributed by atoms with Gasteiger partial charge in [-0.05, 0) is 30.7 Å². The molecule has 0 aliphatic rings. The Morgan fingerprint density at radius 1 is 1.29 bits per heavy atom. The van der Waals surface area contributed by atoms with Crippen molar-refractivity contribution in [2.24, 2.45) is 0 Å². The molecule has 0 spiro atoms. The average Bonchev–Trinajstić information content (AvgIpc) is 2.25. The van der Waals surface area contributed by atoms with Crippen LogP contribution in [-0.4, -0.2) is 5.75 Å². The van der Waals surface area contributed by atoms with Crippen molar-refractivity contribution in [3.8, 4) is 0 Å². The van der Waals surface area contributed by atoms with E-state index >= 15 is 0 Å². The predicted octanol–water partition coefficient (Wildman–Crippen LogP) is 4.30. The van der Waals surface area contributed by atoms with Crippen molar-refractivity contribution >= 4 is 11.8 Å². The minimum atomic E-state index is 1.06. The number of rotatable bonds is 6. The molecule has 0 radical (unpaired) electrons. The fourth-order valence-corrected chi connectivity index (χ4v) is 1.98. The molecule has 1 aromatic carbocycles. The summed E-state index contributed by atoms with van der Waals surface area (Å²) in [5.41, 5.74) is 1.14. The van der Waals surface area contributed by atoms with Crippen LogP contribution in [0.4, 0.5) is 0 Å². The SMILES string of the molecule is C=CC(=C)CCCSc1ccccc1. The second kappa shape index (κ2) is 6.50. The Hall–Kier alpha value is -0.950. The van der Waals surface area contributed by atoms with E-state index in [9.17, 15) is 0 Å². The van der Waals surface area contributed by atoms with Crippen molar-refractivity contribution in [3.05, 3.63) is 55.1 Å². The van der Waals surface area contributed by atoms with Crippen LogP contribution in [0.25, 0.3) is 0 Å². The Bertz CT molecular complexity index is 287. The van der Waals surface area contributed by atoms with Gasteiger partial charge in [0.15, 0.2) is 0 Å². The minimum absolute atomic E-state index is 1.06. The highest BCUT2D eigenvalue weighted by atomic mass is 32.2. The summed E-state index contributed by atoms with van der Waals surface area (Å²) in [5, 5.41) is 0. The van der Waals surface area contributed by atoms with Crippen LogP contribution >= 0.6 is 11.8 Å². The molecule has 0 aromatic heterocycles. The number of allylic oxidation sites excluding steroid dienone is 2. The smallest absolute Gasteiger partial charge is 0.00719 e. The second-order valence-corrected chi connectivity index (χ2v) is 4.30. The molecule has 0 bridgehead atoms. The van der Waals surface area contributed by atoms with Gasteiger partial charge in [-0.2, -0.15) is 0 Å². The van der Waals surface area contributed by atoms with E-state index in [0.29, 0.717) is 0 Å². The van der Waals surface area contributed by atoms with E-state index in [1.165, 1.54) is 11.3 Å². The molecular weight excluding hydrogens is 188 g/mol. The zero-order chi connectivity index (χ0) is 10.2. The van der Waals surface area contributed by atoms with E-state index in [1.54, 1.807) is 0 Å². The number of thioether (sulfide) groups is 1. The first kappa shape index (κ1) is 11.1. The lowest BCUT2D eigenvalue weighted by atomic mass is 10.2. The van der Waals surface area contributed by atoms with Gasteiger partial charge >= 0.3 is 0 Å². The van der Waals surface area contributed by atoms with Crippen molar-refractivity contribution in [3.63, 3.8) is 0 Å². The molecule has 0 atom stereocenters. The monoisotopic (exact) mass is 204 g/mol. The number of hydrogen-bond donors (Lipinski definition) is 0. The van der Waals surface area contributed by atoms with Gasteiger partial charge in [-0.3, -0.25) is 0 Å². The molecule has 0 heterocycles. The average molecular weight is 204 g/mol. The molecule has 0 saturated heterocycles. The zero-order valence-corrected chi connectivity index (χ0v) is 9.22. The van der Waals surface area contributed by atoms with Crippen LogP contribution in [0.3, 0.4) is 0 Å². The first-order valence-electron chi connectivity index (χ1n) is 4.81. The fourth-order valence-electron chi connectivity index (χ4n) is 1.11. The van der Waals surface area contributed by atoms with Gasteiger partial charge in [0.2, 0.25) is 0 Å². The summed E-state index contributed by atoms with van der Waals surface area (Å²) in [5.74, 6) is 1.15. The van der Waals surface area contributed by atoms with Gasteiger partial charge in [0.05, 0.1) is 0 Å². The van der Waals surface area contributed by atoms with Gasteiger partial charge in [-0.15, -0.1) is 11.8 Å². The third-order valence-electron chi connectivity index (χ3n) is 1.94. The molecule has 0 fully saturated rings. The molecule has 0 aliphatic heterocycles. The van der Waals surface area contributed by atoms with Crippen LogP contribution in [0.1, 0.15) is 12.8 Å².